The van der Waals surface area contributed by atoms with Gasteiger partial charge in [0.05, 0.1) is 31.1 Å². The van der Waals surface area contributed by atoms with Crippen LogP contribution in [0.4, 0.5) is 5.69 Å². The van der Waals surface area contributed by atoms with Crippen LogP contribution in [-0.4, -0.2) is 119 Å². The van der Waals surface area contributed by atoms with Gasteiger partial charge in [-0.3, -0.25) is 48.8 Å². The molecule has 1 atom stereocenters. The molecule has 4 aromatic rings. The first-order valence-electron chi connectivity index (χ1n) is 21.8. The summed E-state index contributed by atoms with van der Waals surface area (Å²) in [6.07, 6.45) is 0.0297. The largest absolute Gasteiger partial charge is 0.460 e. The van der Waals surface area contributed by atoms with Crippen molar-refractivity contribution in [1.82, 2.24) is 14.7 Å². The lowest BCUT2D eigenvalue weighted by molar-refractivity contribution is -0.384. The summed E-state index contributed by atoms with van der Waals surface area (Å²) in [4.78, 5) is 83.5. The van der Waals surface area contributed by atoms with Crippen LogP contribution in [0, 0.1) is 10.1 Å². The number of nitro benzene ring substituents is 1. The number of carbonyl (C=O) groups excluding carboxylic acids is 5. The summed E-state index contributed by atoms with van der Waals surface area (Å²) >= 11 is 0. The number of benzene rings is 4. The molecule has 4 aromatic carbocycles. The summed E-state index contributed by atoms with van der Waals surface area (Å²) in [5, 5.41) is 11.5. The predicted molar refractivity (Wildman–Crippen MR) is 245 cm³/mol. The van der Waals surface area contributed by atoms with E-state index >= 15 is 0 Å². The molecule has 0 aromatic heterocycles. The molecule has 0 aliphatic carbocycles. The van der Waals surface area contributed by atoms with Gasteiger partial charge in [-0.1, -0.05) is 103 Å². The molecule has 0 aliphatic heterocycles. The van der Waals surface area contributed by atoms with E-state index in [0.29, 0.717) is 5.56 Å². The monoisotopic (exact) mass is 910 g/mol. The number of nitro groups is 1. The number of hydrogen-bond donors (Lipinski definition) is 0. The summed E-state index contributed by atoms with van der Waals surface area (Å²) < 4.78 is 28.3. The van der Waals surface area contributed by atoms with E-state index in [1.807, 2.05) is 91.0 Å². The van der Waals surface area contributed by atoms with Crippen LogP contribution < -0.4 is 0 Å². The minimum atomic E-state index is -1.04. The van der Waals surface area contributed by atoms with Crippen LogP contribution in [-0.2, 0) is 73.9 Å². The fourth-order valence-electron chi connectivity index (χ4n) is 6.60. The molecular formula is C50H62N4O12. The minimum absolute atomic E-state index is 0.00773. The SMILES string of the molecule is CC(C)(C)OC(=O)CN(CCN(CCN(CC(=O)OCc1ccccc1)CC(=O)OCc1ccccc1)[C@@H](Cc1ccc([N+](=O)[O-])cc1)C(=O)OCc1ccccc1)CC(=O)OC(C)(C)C. The van der Waals surface area contributed by atoms with E-state index in [-0.39, 0.29) is 84.3 Å². The highest BCUT2D eigenvalue weighted by Crippen LogP contribution is 2.18. The van der Waals surface area contributed by atoms with Crippen molar-refractivity contribution in [2.24, 2.45) is 0 Å². The molecule has 0 bridgehead atoms. The highest BCUT2D eigenvalue weighted by Gasteiger charge is 2.31. The molecule has 354 valence electrons. The van der Waals surface area contributed by atoms with Gasteiger partial charge in [0.2, 0.25) is 0 Å². The Morgan fingerprint density at radius 2 is 0.864 bits per heavy atom. The fraction of sp³-hybridized carbons (Fsp3) is 0.420. The lowest BCUT2D eigenvalue weighted by atomic mass is 10.0. The van der Waals surface area contributed by atoms with Gasteiger partial charge >= 0.3 is 29.8 Å². The number of esters is 5. The van der Waals surface area contributed by atoms with E-state index < -0.39 is 52.0 Å². The second kappa shape index (κ2) is 25.9. The van der Waals surface area contributed by atoms with Crippen LogP contribution >= 0.6 is 0 Å². The Morgan fingerprint density at radius 1 is 0.500 bits per heavy atom. The number of nitrogens with zero attached hydrogens (tertiary/aromatic N) is 4. The molecular weight excluding hydrogens is 849 g/mol. The van der Waals surface area contributed by atoms with Gasteiger partial charge in [0.15, 0.2) is 0 Å². The van der Waals surface area contributed by atoms with Crippen molar-refractivity contribution >= 4 is 35.5 Å². The highest BCUT2D eigenvalue weighted by atomic mass is 16.6. The van der Waals surface area contributed by atoms with E-state index in [0.717, 1.165) is 16.7 Å². The molecule has 0 fully saturated rings. The zero-order chi connectivity index (χ0) is 48.1. The number of rotatable bonds is 25. The average molecular weight is 911 g/mol. The zero-order valence-corrected chi connectivity index (χ0v) is 38.7. The summed E-state index contributed by atoms with van der Waals surface area (Å²) in [5.74, 6) is -3.01. The fourth-order valence-corrected chi connectivity index (χ4v) is 6.60. The number of carbonyl (C=O) groups is 5. The van der Waals surface area contributed by atoms with Gasteiger partial charge in [-0.15, -0.1) is 0 Å². The topological polar surface area (TPSA) is 184 Å². The van der Waals surface area contributed by atoms with Crippen molar-refractivity contribution in [2.75, 3.05) is 52.4 Å². The second-order valence-corrected chi connectivity index (χ2v) is 17.7. The van der Waals surface area contributed by atoms with Gasteiger partial charge in [-0.05, 0) is 70.2 Å². The van der Waals surface area contributed by atoms with Gasteiger partial charge in [-0.2, -0.15) is 0 Å². The maximum Gasteiger partial charge on any atom is 0.324 e. The van der Waals surface area contributed by atoms with Crippen LogP contribution in [0.15, 0.2) is 115 Å². The van der Waals surface area contributed by atoms with Crippen LogP contribution in [0.25, 0.3) is 0 Å². The Balaban J connectivity index is 1.69. The molecule has 66 heavy (non-hydrogen) atoms. The Hall–Kier alpha value is -6.49. The molecule has 16 heteroatoms. The maximum absolute atomic E-state index is 14.4. The lowest BCUT2D eigenvalue weighted by Gasteiger charge is -2.34. The smallest absolute Gasteiger partial charge is 0.324 e. The molecule has 0 saturated carbocycles. The number of ether oxygens (including phenoxy) is 5. The standard InChI is InChI=1S/C50H62N4O12/c1-49(2,3)65-46(57)33-52(34-47(58)66-50(4,5)6)27-29-53(43(30-38-22-24-42(25-23-38)54(60)61)48(59)64-37-41-20-14-9-15-21-41)28-26-51(31-44(55)62-35-39-16-10-7-11-17-39)32-45(56)63-36-40-18-12-8-13-19-40/h7-25,43H,26-37H2,1-6H3/t43-/m0/s1. The van der Waals surface area contributed by atoms with E-state index in [2.05, 4.69) is 0 Å². The molecule has 16 nitrogen and oxygen atoms in total. The Morgan fingerprint density at radius 3 is 1.23 bits per heavy atom. The van der Waals surface area contributed by atoms with Crippen LogP contribution in [0.3, 0.4) is 0 Å². The van der Waals surface area contributed by atoms with Gasteiger partial charge in [0.1, 0.15) is 37.1 Å². The minimum Gasteiger partial charge on any atom is -0.460 e. The van der Waals surface area contributed by atoms with Gasteiger partial charge < -0.3 is 23.7 Å². The van der Waals surface area contributed by atoms with Crippen molar-refractivity contribution in [2.45, 2.75) is 85.0 Å². The van der Waals surface area contributed by atoms with Gasteiger partial charge in [-0.25, -0.2) is 0 Å². The maximum atomic E-state index is 14.4. The summed E-state index contributed by atoms with van der Waals surface area (Å²) in [5.41, 5.74) is 1.11. The molecule has 4 rings (SSSR count). The first-order valence-corrected chi connectivity index (χ1v) is 21.8. The average Bonchev–Trinajstić information content (AvgIpc) is 3.26. The molecule has 0 saturated heterocycles. The molecule has 0 N–H and O–H groups in total. The molecule has 0 radical (unpaired) electrons. The Kier molecular flexibility index (Phi) is 20.4. The highest BCUT2D eigenvalue weighted by molar-refractivity contribution is 5.77. The molecule has 0 spiro atoms. The van der Waals surface area contributed by atoms with Crippen molar-refractivity contribution < 1.29 is 52.6 Å². The zero-order valence-electron chi connectivity index (χ0n) is 38.7. The normalized spacial score (nSPS) is 12.1. The summed E-state index contributed by atoms with van der Waals surface area (Å²) in [7, 11) is 0. The second-order valence-electron chi connectivity index (χ2n) is 17.7. The number of hydrogen-bond acceptors (Lipinski definition) is 15. The molecule has 0 unspecified atom stereocenters. The quantitative estimate of drug-likeness (QED) is 0.0311. The molecule has 0 heterocycles. The van der Waals surface area contributed by atoms with Crippen molar-refractivity contribution in [3.05, 3.63) is 148 Å². The van der Waals surface area contributed by atoms with Gasteiger partial charge in [0, 0.05) is 38.3 Å². The van der Waals surface area contributed by atoms with Crippen molar-refractivity contribution in [1.29, 1.82) is 0 Å². The van der Waals surface area contributed by atoms with Crippen LogP contribution in [0.5, 0.6) is 0 Å². The third kappa shape index (κ3) is 20.6. The number of non-ortho nitro benzene ring substituents is 1. The summed E-state index contributed by atoms with van der Waals surface area (Å²) in [6, 6.07) is 32.1. The first-order chi connectivity index (χ1) is 31.3. The predicted octanol–water partition coefficient (Wildman–Crippen LogP) is 6.33. The Bertz CT molecular complexity index is 2070. The Labute approximate surface area is 386 Å². The van der Waals surface area contributed by atoms with Crippen molar-refractivity contribution in [3.63, 3.8) is 0 Å². The van der Waals surface area contributed by atoms with Crippen LogP contribution in [0.1, 0.15) is 63.8 Å². The third-order valence-corrected chi connectivity index (χ3v) is 9.66. The summed E-state index contributed by atoms with van der Waals surface area (Å²) in [6.45, 7) is 9.32. The van der Waals surface area contributed by atoms with Crippen molar-refractivity contribution in [3.8, 4) is 0 Å². The first kappa shape index (κ1) is 52.1. The van der Waals surface area contributed by atoms with E-state index in [4.69, 9.17) is 23.7 Å². The van der Waals surface area contributed by atoms with E-state index in [1.54, 1.807) is 68.4 Å². The molecule has 0 amide bonds. The third-order valence-electron chi connectivity index (χ3n) is 9.66. The lowest BCUT2D eigenvalue weighted by Crippen LogP contribution is -2.51. The van der Waals surface area contributed by atoms with Crippen LogP contribution in [0.2, 0.25) is 0 Å². The van der Waals surface area contributed by atoms with E-state index in [9.17, 15) is 34.1 Å². The molecule has 0 aliphatic rings. The van der Waals surface area contributed by atoms with E-state index in [1.165, 1.54) is 12.1 Å². The van der Waals surface area contributed by atoms with Gasteiger partial charge in [0.25, 0.3) is 5.69 Å².